The summed E-state index contributed by atoms with van der Waals surface area (Å²) in [7, 11) is 1.64. The summed E-state index contributed by atoms with van der Waals surface area (Å²) in [5, 5.41) is 10.1. The summed E-state index contributed by atoms with van der Waals surface area (Å²) in [6.45, 7) is 3.96. The molecular formula is C13H21F3N4OS. The Bertz CT molecular complexity index is 476. The number of aryl methyl sites for hydroxylation is 2. The maximum atomic E-state index is 12.5. The van der Waals surface area contributed by atoms with Gasteiger partial charge in [0, 0.05) is 39.0 Å². The molecule has 0 fully saturated rings. The first-order valence-electron chi connectivity index (χ1n) is 6.97. The summed E-state index contributed by atoms with van der Waals surface area (Å²) in [6.07, 6.45) is -2.92. The average Bonchev–Trinajstić information content (AvgIpc) is 2.81. The van der Waals surface area contributed by atoms with Crippen molar-refractivity contribution < 1.29 is 17.9 Å². The molecule has 0 aliphatic heterocycles. The Morgan fingerprint density at radius 1 is 1.32 bits per heavy atom. The van der Waals surface area contributed by atoms with Gasteiger partial charge in [0.05, 0.1) is 0 Å². The number of ether oxygens (including phenoxy) is 1. The molecule has 1 aromatic heterocycles. The van der Waals surface area contributed by atoms with Gasteiger partial charge in [-0.1, -0.05) is 0 Å². The highest BCUT2D eigenvalue weighted by Gasteiger charge is 2.34. The molecule has 22 heavy (non-hydrogen) atoms. The minimum atomic E-state index is -4.40. The van der Waals surface area contributed by atoms with Gasteiger partial charge < -0.3 is 15.4 Å². The molecule has 0 aliphatic rings. The number of hydrogen-bond donors (Lipinski definition) is 2. The second-order valence-electron chi connectivity index (χ2n) is 4.77. The van der Waals surface area contributed by atoms with E-state index in [4.69, 9.17) is 17.0 Å². The zero-order valence-electron chi connectivity index (χ0n) is 12.7. The normalized spacial score (nSPS) is 11.5. The van der Waals surface area contributed by atoms with Crippen LogP contribution in [0.1, 0.15) is 24.2 Å². The summed E-state index contributed by atoms with van der Waals surface area (Å²) < 4.78 is 43.9. The van der Waals surface area contributed by atoms with Crippen molar-refractivity contribution in [2.45, 2.75) is 32.5 Å². The zero-order valence-corrected chi connectivity index (χ0v) is 13.5. The molecule has 126 valence electrons. The van der Waals surface area contributed by atoms with Gasteiger partial charge in [-0.25, -0.2) is 0 Å². The van der Waals surface area contributed by atoms with E-state index in [0.29, 0.717) is 43.5 Å². The minimum absolute atomic E-state index is 0.404. The number of nitrogens with one attached hydrogen (secondary N) is 2. The third-order valence-electron chi connectivity index (χ3n) is 2.91. The number of methoxy groups -OCH3 is 1. The van der Waals surface area contributed by atoms with Crippen LogP contribution in [0.5, 0.6) is 0 Å². The molecule has 0 saturated heterocycles. The van der Waals surface area contributed by atoms with Crippen LogP contribution in [0.3, 0.4) is 0 Å². The summed E-state index contributed by atoms with van der Waals surface area (Å²) in [4.78, 5) is 0. The number of aromatic nitrogens is 2. The van der Waals surface area contributed by atoms with Crippen LogP contribution in [0.4, 0.5) is 13.2 Å². The molecule has 0 amide bonds. The molecule has 0 radical (unpaired) electrons. The highest BCUT2D eigenvalue weighted by atomic mass is 32.1. The topological polar surface area (TPSA) is 51.1 Å². The van der Waals surface area contributed by atoms with E-state index in [1.807, 2.05) is 0 Å². The predicted octanol–water partition coefficient (Wildman–Crippen LogP) is 2.10. The fraction of sp³-hybridized carbons (Fsp3) is 0.692. The molecule has 1 heterocycles. The quantitative estimate of drug-likeness (QED) is 0.562. The van der Waals surface area contributed by atoms with E-state index in [-0.39, 0.29) is 0 Å². The first-order chi connectivity index (χ1) is 10.3. The largest absolute Gasteiger partial charge is 0.435 e. The molecule has 2 N–H and O–H groups in total. The van der Waals surface area contributed by atoms with Gasteiger partial charge in [0.15, 0.2) is 10.8 Å². The highest BCUT2D eigenvalue weighted by Crippen LogP contribution is 2.28. The molecule has 1 rings (SSSR count). The third-order valence-corrected chi connectivity index (χ3v) is 3.20. The van der Waals surface area contributed by atoms with E-state index in [1.54, 1.807) is 14.0 Å². The minimum Gasteiger partial charge on any atom is -0.385 e. The number of thiocarbonyl (C=S) groups is 1. The Kier molecular flexibility index (Phi) is 7.60. The van der Waals surface area contributed by atoms with Gasteiger partial charge in [0.1, 0.15) is 0 Å². The third kappa shape index (κ3) is 6.61. The maximum Gasteiger partial charge on any atom is 0.435 e. The average molecular weight is 338 g/mol. The van der Waals surface area contributed by atoms with Crippen LogP contribution in [0, 0.1) is 6.92 Å². The SMILES string of the molecule is COCCCNC(=S)NCCCn1nc(C(F)(F)F)cc1C. The molecule has 9 heteroatoms. The number of rotatable bonds is 8. The van der Waals surface area contributed by atoms with Crippen LogP contribution in [0.15, 0.2) is 6.07 Å². The van der Waals surface area contributed by atoms with Crippen LogP contribution >= 0.6 is 12.2 Å². The lowest BCUT2D eigenvalue weighted by molar-refractivity contribution is -0.141. The summed E-state index contributed by atoms with van der Waals surface area (Å²) >= 11 is 5.08. The molecule has 0 aromatic carbocycles. The van der Waals surface area contributed by atoms with Gasteiger partial charge in [-0.15, -0.1) is 0 Å². The molecule has 0 unspecified atom stereocenters. The number of halogens is 3. The second kappa shape index (κ2) is 8.94. The summed E-state index contributed by atoms with van der Waals surface area (Å²) in [5.41, 5.74) is -0.360. The molecule has 0 atom stereocenters. The van der Waals surface area contributed by atoms with Gasteiger partial charge >= 0.3 is 6.18 Å². The molecule has 1 aromatic rings. The molecule has 0 bridgehead atoms. The summed E-state index contributed by atoms with van der Waals surface area (Å²) in [5.74, 6) is 0. The van der Waals surface area contributed by atoms with Gasteiger partial charge in [-0.3, -0.25) is 4.68 Å². The Morgan fingerprint density at radius 2 is 1.95 bits per heavy atom. The second-order valence-corrected chi connectivity index (χ2v) is 5.18. The predicted molar refractivity (Wildman–Crippen MR) is 81.7 cm³/mol. The van der Waals surface area contributed by atoms with Crippen molar-refractivity contribution in [2.24, 2.45) is 0 Å². The van der Waals surface area contributed by atoms with Crippen LogP contribution in [0.25, 0.3) is 0 Å². The van der Waals surface area contributed by atoms with E-state index in [2.05, 4.69) is 15.7 Å². The molecule has 0 saturated carbocycles. The van der Waals surface area contributed by atoms with Gasteiger partial charge in [0.2, 0.25) is 0 Å². The summed E-state index contributed by atoms with van der Waals surface area (Å²) in [6, 6.07) is 1.05. The van der Waals surface area contributed by atoms with E-state index in [9.17, 15) is 13.2 Å². The van der Waals surface area contributed by atoms with Crippen LogP contribution in [-0.4, -0.2) is 41.7 Å². The van der Waals surface area contributed by atoms with Gasteiger partial charge in [-0.05, 0) is 38.0 Å². The first kappa shape index (κ1) is 18.7. The first-order valence-corrected chi connectivity index (χ1v) is 7.37. The fourth-order valence-electron chi connectivity index (χ4n) is 1.79. The Labute approximate surface area is 133 Å². The maximum absolute atomic E-state index is 12.5. The van der Waals surface area contributed by atoms with Gasteiger partial charge in [-0.2, -0.15) is 18.3 Å². The van der Waals surface area contributed by atoms with E-state index in [0.717, 1.165) is 12.5 Å². The highest BCUT2D eigenvalue weighted by molar-refractivity contribution is 7.80. The van der Waals surface area contributed by atoms with Crippen molar-refractivity contribution in [1.29, 1.82) is 0 Å². The lowest BCUT2D eigenvalue weighted by atomic mass is 10.3. The molecule has 5 nitrogen and oxygen atoms in total. The van der Waals surface area contributed by atoms with Crippen LogP contribution < -0.4 is 10.6 Å². The molecule has 0 aliphatic carbocycles. The van der Waals surface area contributed by atoms with E-state index in [1.165, 1.54) is 4.68 Å². The van der Waals surface area contributed by atoms with Crippen LogP contribution in [0.2, 0.25) is 0 Å². The number of nitrogens with zero attached hydrogens (tertiary/aromatic N) is 2. The zero-order chi connectivity index (χ0) is 16.6. The Morgan fingerprint density at radius 3 is 2.50 bits per heavy atom. The van der Waals surface area contributed by atoms with Crippen molar-refractivity contribution in [1.82, 2.24) is 20.4 Å². The van der Waals surface area contributed by atoms with Crippen molar-refractivity contribution in [3.63, 3.8) is 0 Å². The smallest absolute Gasteiger partial charge is 0.385 e. The lowest BCUT2D eigenvalue weighted by Gasteiger charge is -2.10. The Hall–Kier alpha value is -1.35. The van der Waals surface area contributed by atoms with Gasteiger partial charge in [0.25, 0.3) is 0 Å². The standard InChI is InChI=1S/C13H21F3N4OS/c1-10-9-11(13(14,15)16)19-20(10)7-3-5-17-12(22)18-6-4-8-21-2/h9H,3-8H2,1-2H3,(H2,17,18,22). The molecule has 0 spiro atoms. The number of alkyl halides is 3. The van der Waals surface area contributed by atoms with Crippen LogP contribution in [-0.2, 0) is 17.5 Å². The lowest BCUT2D eigenvalue weighted by Crippen LogP contribution is -2.36. The Balaban J connectivity index is 2.25. The fourth-order valence-corrected chi connectivity index (χ4v) is 1.99. The molecular weight excluding hydrogens is 317 g/mol. The van der Waals surface area contributed by atoms with Crippen molar-refractivity contribution >= 4 is 17.3 Å². The van der Waals surface area contributed by atoms with Crippen molar-refractivity contribution in [2.75, 3.05) is 26.8 Å². The van der Waals surface area contributed by atoms with Crippen molar-refractivity contribution in [3.05, 3.63) is 17.5 Å². The number of hydrogen-bond acceptors (Lipinski definition) is 3. The van der Waals surface area contributed by atoms with Crippen molar-refractivity contribution in [3.8, 4) is 0 Å². The van der Waals surface area contributed by atoms with E-state index >= 15 is 0 Å². The monoisotopic (exact) mass is 338 g/mol. The van der Waals surface area contributed by atoms with E-state index < -0.39 is 11.9 Å².